The van der Waals surface area contributed by atoms with Crippen molar-refractivity contribution >= 4 is 17.6 Å². The van der Waals surface area contributed by atoms with E-state index in [1.807, 2.05) is 20.8 Å². The predicted molar refractivity (Wildman–Crippen MR) is 81.7 cm³/mol. The molecule has 0 radical (unpaired) electrons. The average molecular weight is 293 g/mol. The Balaban J connectivity index is 2.91. The topological polar surface area (TPSA) is 109 Å². The zero-order valence-electron chi connectivity index (χ0n) is 12.9. The molecule has 0 fully saturated rings. The van der Waals surface area contributed by atoms with Crippen molar-refractivity contribution in [2.24, 2.45) is 5.84 Å². The maximum Gasteiger partial charge on any atom is 0.252 e. The predicted octanol–water partition coefficient (Wildman–Crippen LogP) is 0.745. The number of likely N-dealkylation sites (N-methyl/N-ethyl adjacent to an activating group) is 1. The van der Waals surface area contributed by atoms with Crippen LogP contribution in [0, 0.1) is 0 Å². The van der Waals surface area contributed by atoms with Gasteiger partial charge in [-0.25, -0.2) is 10.8 Å². The van der Waals surface area contributed by atoms with Gasteiger partial charge in [0, 0.05) is 17.8 Å². The van der Waals surface area contributed by atoms with Gasteiger partial charge < -0.3 is 16.1 Å². The van der Waals surface area contributed by atoms with E-state index < -0.39 is 6.04 Å². The zero-order chi connectivity index (χ0) is 16.0. The van der Waals surface area contributed by atoms with E-state index in [2.05, 4.69) is 21.0 Å². The summed E-state index contributed by atoms with van der Waals surface area (Å²) in [6.45, 7) is 7.93. The van der Waals surface area contributed by atoms with Crippen molar-refractivity contribution in [2.45, 2.75) is 39.7 Å². The van der Waals surface area contributed by atoms with Crippen LogP contribution in [0.1, 0.15) is 49.7 Å². The molecule has 0 saturated carbocycles. The third-order valence-electron chi connectivity index (χ3n) is 2.94. The van der Waals surface area contributed by atoms with Crippen LogP contribution in [0.5, 0.6) is 0 Å². The highest BCUT2D eigenvalue weighted by atomic mass is 16.2. The maximum atomic E-state index is 12.2. The number of nitrogens with zero attached hydrogens (tertiary/aromatic N) is 1. The fourth-order valence-electron chi connectivity index (χ4n) is 1.73. The van der Waals surface area contributed by atoms with E-state index in [0.29, 0.717) is 17.9 Å². The monoisotopic (exact) mass is 293 g/mol. The SMILES string of the molecule is CCNC(=O)C(C)NC(=O)c1cc(NN)nc(C(C)C)c1. The van der Waals surface area contributed by atoms with Gasteiger partial charge in [0.05, 0.1) is 0 Å². The number of hydrazine groups is 1. The highest BCUT2D eigenvalue weighted by Gasteiger charge is 2.17. The Morgan fingerprint density at radius 3 is 2.48 bits per heavy atom. The molecule has 7 nitrogen and oxygen atoms in total. The minimum Gasteiger partial charge on any atom is -0.355 e. The van der Waals surface area contributed by atoms with Crippen molar-refractivity contribution in [3.63, 3.8) is 0 Å². The number of carbonyl (C=O) groups is 2. The first-order chi connectivity index (χ1) is 9.88. The molecule has 0 aromatic carbocycles. The molecule has 7 heteroatoms. The first-order valence-electron chi connectivity index (χ1n) is 6.96. The van der Waals surface area contributed by atoms with E-state index >= 15 is 0 Å². The number of pyridine rings is 1. The summed E-state index contributed by atoms with van der Waals surface area (Å²) in [5.41, 5.74) is 3.61. The zero-order valence-corrected chi connectivity index (χ0v) is 12.9. The maximum absolute atomic E-state index is 12.2. The molecule has 1 heterocycles. The molecule has 1 aromatic heterocycles. The van der Waals surface area contributed by atoms with Crippen LogP contribution in [0.4, 0.5) is 5.82 Å². The van der Waals surface area contributed by atoms with Gasteiger partial charge in [-0.15, -0.1) is 0 Å². The first-order valence-corrected chi connectivity index (χ1v) is 6.96. The summed E-state index contributed by atoms with van der Waals surface area (Å²) in [7, 11) is 0. The van der Waals surface area contributed by atoms with Crippen LogP contribution in [0.25, 0.3) is 0 Å². The summed E-state index contributed by atoms with van der Waals surface area (Å²) >= 11 is 0. The fourth-order valence-corrected chi connectivity index (χ4v) is 1.73. The second-order valence-corrected chi connectivity index (χ2v) is 5.05. The summed E-state index contributed by atoms with van der Waals surface area (Å²) in [6.07, 6.45) is 0. The van der Waals surface area contributed by atoms with Crippen molar-refractivity contribution in [1.29, 1.82) is 0 Å². The number of rotatable bonds is 6. The van der Waals surface area contributed by atoms with Crippen molar-refractivity contribution in [1.82, 2.24) is 15.6 Å². The lowest BCUT2D eigenvalue weighted by molar-refractivity contribution is -0.122. The molecule has 0 spiro atoms. The van der Waals surface area contributed by atoms with E-state index in [9.17, 15) is 9.59 Å². The standard InChI is InChI=1S/C14H23N5O2/c1-5-16-13(20)9(4)17-14(21)10-6-11(8(2)3)18-12(7-10)19-15/h6-9H,5,15H2,1-4H3,(H,16,20)(H,17,21)(H,18,19). The number of amides is 2. The summed E-state index contributed by atoms with van der Waals surface area (Å²) in [4.78, 5) is 28.1. The lowest BCUT2D eigenvalue weighted by Crippen LogP contribution is -2.44. The Bertz CT molecular complexity index is 516. The number of nitrogens with two attached hydrogens (primary N) is 1. The first kappa shape index (κ1) is 16.9. The van der Waals surface area contributed by atoms with Gasteiger partial charge in [-0.05, 0) is 31.9 Å². The Morgan fingerprint density at radius 2 is 1.95 bits per heavy atom. The molecule has 0 saturated heterocycles. The van der Waals surface area contributed by atoms with Gasteiger partial charge in [-0.1, -0.05) is 13.8 Å². The van der Waals surface area contributed by atoms with Gasteiger partial charge in [0.2, 0.25) is 5.91 Å². The molecular weight excluding hydrogens is 270 g/mol. The van der Waals surface area contributed by atoms with E-state index in [-0.39, 0.29) is 17.7 Å². The molecule has 1 aromatic rings. The van der Waals surface area contributed by atoms with Gasteiger partial charge in [-0.2, -0.15) is 0 Å². The molecule has 1 unspecified atom stereocenters. The Morgan fingerprint density at radius 1 is 1.29 bits per heavy atom. The number of carbonyl (C=O) groups excluding carboxylic acids is 2. The highest BCUT2D eigenvalue weighted by molar-refractivity contribution is 5.98. The molecule has 0 bridgehead atoms. The van der Waals surface area contributed by atoms with Gasteiger partial charge >= 0.3 is 0 Å². The largest absolute Gasteiger partial charge is 0.355 e. The minimum absolute atomic E-state index is 0.158. The second-order valence-electron chi connectivity index (χ2n) is 5.05. The Kier molecular flexibility index (Phi) is 6.10. The number of aromatic nitrogens is 1. The smallest absolute Gasteiger partial charge is 0.252 e. The number of hydrogen-bond donors (Lipinski definition) is 4. The lowest BCUT2D eigenvalue weighted by Gasteiger charge is -2.15. The van der Waals surface area contributed by atoms with Gasteiger partial charge in [0.25, 0.3) is 5.91 Å². The molecule has 0 aliphatic heterocycles. The van der Waals surface area contributed by atoms with Crippen LogP contribution >= 0.6 is 0 Å². The van der Waals surface area contributed by atoms with Crippen molar-refractivity contribution in [3.05, 3.63) is 23.4 Å². The molecule has 1 atom stereocenters. The van der Waals surface area contributed by atoms with Crippen LogP contribution in [-0.4, -0.2) is 29.4 Å². The van der Waals surface area contributed by atoms with Crippen molar-refractivity contribution in [2.75, 3.05) is 12.0 Å². The quantitative estimate of drug-likeness (QED) is 0.457. The molecule has 0 aliphatic rings. The minimum atomic E-state index is -0.609. The number of nitrogen functional groups attached to an aromatic ring is 1. The third-order valence-corrected chi connectivity index (χ3v) is 2.94. The van der Waals surface area contributed by atoms with Crippen LogP contribution < -0.4 is 21.9 Å². The van der Waals surface area contributed by atoms with Gasteiger partial charge in [0.1, 0.15) is 11.9 Å². The Labute approximate surface area is 124 Å². The van der Waals surface area contributed by atoms with Crippen molar-refractivity contribution in [3.8, 4) is 0 Å². The number of nitrogens with one attached hydrogen (secondary N) is 3. The highest BCUT2D eigenvalue weighted by Crippen LogP contribution is 2.17. The van der Waals surface area contributed by atoms with Crippen LogP contribution in [0.15, 0.2) is 12.1 Å². The molecule has 0 aliphatic carbocycles. The lowest BCUT2D eigenvalue weighted by atomic mass is 10.1. The average Bonchev–Trinajstić information content (AvgIpc) is 2.46. The van der Waals surface area contributed by atoms with E-state index in [4.69, 9.17) is 5.84 Å². The number of hydrogen-bond acceptors (Lipinski definition) is 5. The molecule has 2 amide bonds. The molecule has 116 valence electrons. The van der Waals surface area contributed by atoms with Crippen molar-refractivity contribution < 1.29 is 9.59 Å². The summed E-state index contributed by atoms with van der Waals surface area (Å²) in [5, 5.41) is 5.31. The molecular formula is C14H23N5O2. The number of anilines is 1. The van der Waals surface area contributed by atoms with E-state index in [1.54, 1.807) is 19.1 Å². The van der Waals surface area contributed by atoms with Gasteiger partial charge in [0.15, 0.2) is 0 Å². The fraction of sp³-hybridized carbons (Fsp3) is 0.500. The Hall–Kier alpha value is -2.15. The van der Waals surface area contributed by atoms with Gasteiger partial charge in [-0.3, -0.25) is 9.59 Å². The summed E-state index contributed by atoms with van der Waals surface area (Å²) in [5.74, 6) is 5.38. The summed E-state index contributed by atoms with van der Waals surface area (Å²) < 4.78 is 0. The third kappa shape index (κ3) is 4.71. The normalized spacial score (nSPS) is 11.9. The van der Waals surface area contributed by atoms with Crippen LogP contribution in [0.3, 0.4) is 0 Å². The molecule has 5 N–H and O–H groups in total. The van der Waals surface area contributed by atoms with Crippen LogP contribution in [-0.2, 0) is 4.79 Å². The summed E-state index contributed by atoms with van der Waals surface area (Å²) in [6, 6.07) is 2.64. The molecule has 21 heavy (non-hydrogen) atoms. The molecule has 1 rings (SSSR count). The van der Waals surface area contributed by atoms with E-state index in [0.717, 1.165) is 5.69 Å². The second kappa shape index (κ2) is 7.58. The van der Waals surface area contributed by atoms with Crippen LogP contribution in [0.2, 0.25) is 0 Å². The van der Waals surface area contributed by atoms with E-state index in [1.165, 1.54) is 0 Å².